The van der Waals surface area contributed by atoms with Crippen LogP contribution in [-0.4, -0.2) is 61.2 Å². The lowest BCUT2D eigenvalue weighted by atomic mass is 10.1. The SMILES string of the molecule is CNc1nc(N/C(C=N)=C/NC2CCSCC2)c(C(N)=O)nc1-c1cncc2c1ncn2C. The number of hydrogen-bond donors (Lipinski definition) is 5. The summed E-state index contributed by atoms with van der Waals surface area (Å²) in [7, 11) is 3.59. The minimum atomic E-state index is -0.739. The summed E-state index contributed by atoms with van der Waals surface area (Å²) in [5, 5.41) is 17.2. The maximum absolute atomic E-state index is 12.3. The normalized spacial score (nSPS) is 14.8. The summed E-state index contributed by atoms with van der Waals surface area (Å²) in [5.41, 5.74) is 8.58. The molecule has 172 valence electrons. The van der Waals surface area contributed by atoms with Crippen LogP contribution in [0.15, 0.2) is 30.6 Å². The molecule has 12 heteroatoms. The molecular weight excluding hydrogens is 440 g/mol. The van der Waals surface area contributed by atoms with Crippen LogP contribution in [0.1, 0.15) is 23.3 Å². The molecule has 0 aliphatic carbocycles. The fourth-order valence-electron chi connectivity index (χ4n) is 3.60. The molecule has 3 aromatic heterocycles. The van der Waals surface area contributed by atoms with Crippen molar-refractivity contribution < 1.29 is 4.79 Å². The zero-order valence-electron chi connectivity index (χ0n) is 18.4. The molecule has 0 spiro atoms. The van der Waals surface area contributed by atoms with Crippen LogP contribution in [-0.2, 0) is 7.05 Å². The maximum Gasteiger partial charge on any atom is 0.271 e. The van der Waals surface area contributed by atoms with E-state index in [4.69, 9.17) is 11.1 Å². The van der Waals surface area contributed by atoms with E-state index in [2.05, 4.69) is 35.9 Å². The quantitative estimate of drug-likeness (QED) is 0.313. The van der Waals surface area contributed by atoms with E-state index in [0.717, 1.165) is 36.1 Å². The highest BCUT2D eigenvalue weighted by atomic mass is 32.2. The minimum Gasteiger partial charge on any atom is -0.386 e. The Morgan fingerprint density at radius 2 is 2.06 bits per heavy atom. The van der Waals surface area contributed by atoms with Crippen molar-refractivity contribution in [1.29, 1.82) is 5.41 Å². The Balaban J connectivity index is 1.72. The summed E-state index contributed by atoms with van der Waals surface area (Å²) < 4.78 is 1.85. The summed E-state index contributed by atoms with van der Waals surface area (Å²) >= 11 is 1.94. The molecule has 0 bridgehead atoms. The Hall–Kier alpha value is -3.67. The van der Waals surface area contributed by atoms with Crippen molar-refractivity contribution in [3.8, 4) is 11.3 Å². The third-order valence-electron chi connectivity index (χ3n) is 5.37. The predicted molar refractivity (Wildman–Crippen MR) is 132 cm³/mol. The fraction of sp³-hybridized carbons (Fsp3) is 0.333. The largest absolute Gasteiger partial charge is 0.386 e. The Bertz CT molecular complexity index is 1220. The minimum absolute atomic E-state index is 0.0428. The van der Waals surface area contributed by atoms with Gasteiger partial charge in [0.15, 0.2) is 17.3 Å². The highest BCUT2D eigenvalue weighted by Crippen LogP contribution is 2.31. The van der Waals surface area contributed by atoms with Crippen LogP contribution in [0.4, 0.5) is 11.6 Å². The molecule has 6 N–H and O–H groups in total. The van der Waals surface area contributed by atoms with Crippen molar-refractivity contribution in [3.63, 3.8) is 0 Å². The number of thioether (sulfide) groups is 1. The van der Waals surface area contributed by atoms with Crippen molar-refractivity contribution in [3.05, 3.63) is 36.3 Å². The Labute approximate surface area is 195 Å². The van der Waals surface area contributed by atoms with Gasteiger partial charge in [0.05, 0.1) is 29.3 Å². The first-order chi connectivity index (χ1) is 16.0. The summed E-state index contributed by atoms with van der Waals surface area (Å²) in [6.07, 6.45) is 10.0. The summed E-state index contributed by atoms with van der Waals surface area (Å²) in [6, 6.07) is 0.353. The Kier molecular flexibility index (Phi) is 6.73. The number of carbonyl (C=O) groups excluding carboxylic acids is 1. The number of primary amides is 1. The Morgan fingerprint density at radius 1 is 1.27 bits per heavy atom. The fourth-order valence-corrected chi connectivity index (χ4v) is 4.70. The lowest BCUT2D eigenvalue weighted by Gasteiger charge is -2.22. The topological polar surface area (TPSA) is 160 Å². The van der Waals surface area contributed by atoms with Gasteiger partial charge in [-0.05, 0) is 24.3 Å². The number of nitrogens with zero attached hydrogens (tertiary/aromatic N) is 5. The lowest BCUT2D eigenvalue weighted by Crippen LogP contribution is -2.29. The molecule has 0 unspecified atom stereocenters. The van der Waals surface area contributed by atoms with Crippen LogP contribution in [0.5, 0.6) is 0 Å². The third-order valence-corrected chi connectivity index (χ3v) is 6.42. The second-order valence-corrected chi connectivity index (χ2v) is 8.79. The van der Waals surface area contributed by atoms with E-state index in [0.29, 0.717) is 34.3 Å². The van der Waals surface area contributed by atoms with E-state index in [9.17, 15) is 4.79 Å². The number of rotatable bonds is 8. The molecule has 1 fully saturated rings. The molecule has 1 aliphatic heterocycles. The van der Waals surface area contributed by atoms with Crippen LogP contribution >= 0.6 is 11.8 Å². The first-order valence-corrected chi connectivity index (χ1v) is 11.6. The lowest BCUT2D eigenvalue weighted by molar-refractivity contribution is 0.0996. The van der Waals surface area contributed by atoms with E-state index >= 15 is 0 Å². The van der Waals surface area contributed by atoms with Gasteiger partial charge >= 0.3 is 0 Å². The van der Waals surface area contributed by atoms with Crippen molar-refractivity contribution in [2.24, 2.45) is 12.8 Å². The van der Waals surface area contributed by atoms with Crippen LogP contribution in [0.2, 0.25) is 0 Å². The van der Waals surface area contributed by atoms with Gasteiger partial charge in [0.2, 0.25) is 0 Å². The highest BCUT2D eigenvalue weighted by Gasteiger charge is 2.21. The van der Waals surface area contributed by atoms with E-state index in [1.165, 1.54) is 0 Å². The summed E-state index contributed by atoms with van der Waals surface area (Å²) in [6.45, 7) is 0. The van der Waals surface area contributed by atoms with Gasteiger partial charge in [-0.2, -0.15) is 11.8 Å². The van der Waals surface area contributed by atoms with Gasteiger partial charge in [-0.15, -0.1) is 0 Å². The van der Waals surface area contributed by atoms with Crippen LogP contribution in [0.25, 0.3) is 22.3 Å². The monoisotopic (exact) mass is 466 g/mol. The van der Waals surface area contributed by atoms with Crippen LogP contribution in [0.3, 0.4) is 0 Å². The molecule has 4 rings (SSSR count). The molecule has 33 heavy (non-hydrogen) atoms. The zero-order chi connectivity index (χ0) is 23.4. The van der Waals surface area contributed by atoms with Crippen LogP contribution in [0, 0.1) is 5.41 Å². The molecule has 1 amide bonds. The second kappa shape index (κ2) is 9.86. The van der Waals surface area contributed by atoms with Gasteiger partial charge in [0, 0.05) is 38.7 Å². The zero-order valence-corrected chi connectivity index (χ0v) is 19.2. The van der Waals surface area contributed by atoms with Gasteiger partial charge in [0.1, 0.15) is 11.2 Å². The summed E-state index contributed by atoms with van der Waals surface area (Å²) in [4.78, 5) is 30.1. The molecule has 0 atom stereocenters. The number of imidazole rings is 1. The van der Waals surface area contributed by atoms with Crippen molar-refractivity contribution >= 4 is 46.6 Å². The molecule has 11 nitrogen and oxygen atoms in total. The van der Waals surface area contributed by atoms with Gasteiger partial charge in [-0.3, -0.25) is 9.78 Å². The van der Waals surface area contributed by atoms with Gasteiger partial charge in [-0.1, -0.05) is 0 Å². The number of amides is 1. The molecule has 0 radical (unpaired) electrons. The molecule has 3 aromatic rings. The molecule has 0 aromatic carbocycles. The van der Waals surface area contributed by atoms with Gasteiger partial charge in [-0.25, -0.2) is 15.0 Å². The van der Waals surface area contributed by atoms with Crippen molar-refractivity contribution in [1.82, 2.24) is 29.8 Å². The third kappa shape index (κ3) is 4.75. The molecule has 0 saturated carbocycles. The van der Waals surface area contributed by atoms with Gasteiger partial charge < -0.3 is 31.7 Å². The van der Waals surface area contributed by atoms with E-state index in [-0.39, 0.29) is 11.5 Å². The van der Waals surface area contributed by atoms with Crippen molar-refractivity contribution in [2.45, 2.75) is 18.9 Å². The van der Waals surface area contributed by atoms with Crippen molar-refractivity contribution in [2.75, 3.05) is 29.2 Å². The molecular formula is C21H26N10OS. The average molecular weight is 467 g/mol. The van der Waals surface area contributed by atoms with Crippen LogP contribution < -0.4 is 21.7 Å². The number of nitrogens with two attached hydrogens (primary N) is 1. The smallest absolute Gasteiger partial charge is 0.271 e. The number of allylic oxidation sites excluding steroid dienone is 1. The first kappa shape index (κ1) is 22.5. The number of pyridine rings is 1. The van der Waals surface area contributed by atoms with E-state index in [1.807, 2.05) is 23.4 Å². The predicted octanol–water partition coefficient (Wildman–Crippen LogP) is 1.95. The average Bonchev–Trinajstić information content (AvgIpc) is 3.22. The number of aryl methyl sites for hydroxylation is 1. The highest BCUT2D eigenvalue weighted by molar-refractivity contribution is 7.99. The molecule has 1 aliphatic rings. The first-order valence-electron chi connectivity index (χ1n) is 10.5. The summed E-state index contributed by atoms with van der Waals surface area (Å²) in [5.74, 6) is 2.07. The van der Waals surface area contributed by atoms with E-state index < -0.39 is 5.91 Å². The maximum atomic E-state index is 12.3. The molecule has 4 heterocycles. The number of aromatic nitrogens is 5. The van der Waals surface area contributed by atoms with E-state index in [1.54, 1.807) is 32.0 Å². The molecule has 1 saturated heterocycles. The van der Waals surface area contributed by atoms with Gasteiger partial charge in [0.25, 0.3) is 5.91 Å². The number of carbonyl (C=O) groups is 1. The second-order valence-electron chi connectivity index (χ2n) is 7.56. The number of hydrogen-bond acceptors (Lipinski definition) is 10. The number of nitrogens with one attached hydrogen (secondary N) is 4. The Morgan fingerprint density at radius 3 is 2.76 bits per heavy atom. The standard InChI is InChI=1S/C21H26N10OS/c1-24-20-17(14-9-25-10-15-16(14)27-11-31(15)2)29-18(19(23)32)21(30-20)28-13(7-22)8-26-12-3-5-33-6-4-12/h7-12,22,26H,3-6H2,1-2H3,(H2,23,32)(H2,24,28,30)/b13-8+,22-7?. The number of anilines is 2. The number of fused-ring (bicyclic) bond motifs is 1.